The Hall–Kier alpha value is -2.64. The molecule has 2 aromatic rings. The van der Waals surface area contributed by atoms with E-state index in [-0.39, 0.29) is 5.91 Å². The third-order valence-electron chi connectivity index (χ3n) is 4.80. The quantitative estimate of drug-likeness (QED) is 0.632. The Kier molecular flexibility index (Phi) is 5.70. The average Bonchev–Trinajstić information content (AvgIpc) is 2.69. The number of nitrogens with zero attached hydrogens (tertiary/aromatic N) is 2. The maximum absolute atomic E-state index is 12.5. The van der Waals surface area contributed by atoms with Crippen LogP contribution in [0.2, 0.25) is 5.02 Å². The molecule has 0 bridgehead atoms. The van der Waals surface area contributed by atoms with Gasteiger partial charge in [0, 0.05) is 23.4 Å². The summed E-state index contributed by atoms with van der Waals surface area (Å²) in [5.41, 5.74) is 4.27. The number of anilines is 1. The van der Waals surface area contributed by atoms with Crippen molar-refractivity contribution in [1.82, 2.24) is 9.97 Å². The molecule has 132 valence electrons. The van der Waals surface area contributed by atoms with Gasteiger partial charge in [-0.1, -0.05) is 23.1 Å². The predicted octanol–water partition coefficient (Wildman–Crippen LogP) is 4.72. The van der Waals surface area contributed by atoms with Crippen molar-refractivity contribution in [3.8, 4) is 12.3 Å². The Morgan fingerprint density at radius 2 is 1.96 bits per heavy atom. The molecule has 0 saturated heterocycles. The lowest BCUT2D eigenvalue weighted by atomic mass is 9.82. The van der Waals surface area contributed by atoms with E-state index < -0.39 is 0 Å². The average molecular weight is 366 g/mol. The van der Waals surface area contributed by atoms with Gasteiger partial charge in [-0.15, -0.1) is 6.42 Å². The number of terminal acetylenes is 1. The van der Waals surface area contributed by atoms with Gasteiger partial charge in [-0.3, -0.25) is 9.78 Å². The van der Waals surface area contributed by atoms with E-state index in [4.69, 9.17) is 18.0 Å². The summed E-state index contributed by atoms with van der Waals surface area (Å²) in [7, 11) is 0. The number of hydrogen-bond donors (Lipinski definition) is 1. The van der Waals surface area contributed by atoms with E-state index in [1.165, 1.54) is 5.57 Å². The molecule has 1 aliphatic rings. The minimum atomic E-state index is -0.0849. The highest BCUT2D eigenvalue weighted by molar-refractivity contribution is 6.30. The molecule has 1 aliphatic carbocycles. The number of aromatic nitrogens is 2. The van der Waals surface area contributed by atoms with Gasteiger partial charge in [0.2, 0.25) is 0 Å². The van der Waals surface area contributed by atoms with Gasteiger partial charge in [0.25, 0.3) is 5.91 Å². The number of nitrogens with one attached hydrogen (secondary N) is 1. The van der Waals surface area contributed by atoms with Gasteiger partial charge < -0.3 is 5.32 Å². The number of amides is 1. The molecule has 0 spiro atoms. The highest BCUT2D eigenvalue weighted by Crippen LogP contribution is 2.36. The SMILES string of the molecule is C#Cc1ccc(NC(=O)C(C)=C2CCC(c3ccc(Cl)cn3)CC2)cn1. The van der Waals surface area contributed by atoms with E-state index in [9.17, 15) is 4.79 Å². The predicted molar refractivity (Wildman–Crippen MR) is 104 cm³/mol. The fourth-order valence-corrected chi connectivity index (χ4v) is 3.32. The summed E-state index contributed by atoms with van der Waals surface area (Å²) in [4.78, 5) is 21.0. The zero-order chi connectivity index (χ0) is 18.5. The van der Waals surface area contributed by atoms with Crippen molar-refractivity contribution in [2.75, 3.05) is 5.32 Å². The van der Waals surface area contributed by atoms with Crippen LogP contribution in [-0.2, 0) is 4.79 Å². The Labute approximate surface area is 158 Å². The molecule has 1 N–H and O–H groups in total. The van der Waals surface area contributed by atoms with E-state index in [0.29, 0.717) is 22.3 Å². The van der Waals surface area contributed by atoms with Gasteiger partial charge in [-0.25, -0.2) is 4.98 Å². The molecule has 5 heteroatoms. The van der Waals surface area contributed by atoms with Crippen LogP contribution in [0.15, 0.2) is 47.8 Å². The number of halogens is 1. The molecule has 2 heterocycles. The molecule has 26 heavy (non-hydrogen) atoms. The van der Waals surface area contributed by atoms with Crippen LogP contribution < -0.4 is 5.32 Å². The minimum Gasteiger partial charge on any atom is -0.321 e. The first-order chi connectivity index (χ1) is 12.6. The molecule has 1 fully saturated rings. The third kappa shape index (κ3) is 4.30. The molecule has 4 nitrogen and oxygen atoms in total. The van der Waals surface area contributed by atoms with Crippen LogP contribution in [-0.4, -0.2) is 15.9 Å². The van der Waals surface area contributed by atoms with Gasteiger partial charge >= 0.3 is 0 Å². The molecule has 0 atom stereocenters. The molecule has 1 saturated carbocycles. The van der Waals surface area contributed by atoms with Crippen molar-refractivity contribution in [2.45, 2.75) is 38.5 Å². The zero-order valence-corrected chi connectivity index (χ0v) is 15.4. The number of carbonyl (C=O) groups is 1. The van der Waals surface area contributed by atoms with Crippen molar-refractivity contribution in [1.29, 1.82) is 0 Å². The number of carbonyl (C=O) groups excluding carboxylic acids is 1. The summed E-state index contributed by atoms with van der Waals surface area (Å²) >= 11 is 5.91. The molecular weight excluding hydrogens is 346 g/mol. The van der Waals surface area contributed by atoms with Crippen molar-refractivity contribution >= 4 is 23.2 Å². The van der Waals surface area contributed by atoms with Gasteiger partial charge in [0.05, 0.1) is 16.9 Å². The van der Waals surface area contributed by atoms with E-state index in [1.54, 1.807) is 24.5 Å². The molecule has 1 amide bonds. The highest BCUT2D eigenvalue weighted by Gasteiger charge is 2.22. The number of allylic oxidation sites excluding steroid dienone is 1. The van der Waals surface area contributed by atoms with Crippen LogP contribution in [0.3, 0.4) is 0 Å². The molecule has 0 aromatic carbocycles. The van der Waals surface area contributed by atoms with Crippen molar-refractivity contribution in [2.24, 2.45) is 0 Å². The summed E-state index contributed by atoms with van der Waals surface area (Å²) in [6.07, 6.45) is 12.4. The summed E-state index contributed by atoms with van der Waals surface area (Å²) in [5, 5.41) is 3.54. The fourth-order valence-electron chi connectivity index (χ4n) is 3.20. The fraction of sp³-hybridized carbons (Fsp3) is 0.286. The second kappa shape index (κ2) is 8.16. The summed E-state index contributed by atoms with van der Waals surface area (Å²) in [5.74, 6) is 2.80. The minimum absolute atomic E-state index is 0.0849. The normalized spacial score (nSPS) is 16.7. The van der Waals surface area contributed by atoms with Crippen molar-refractivity contribution in [3.05, 3.63) is 64.2 Å². The van der Waals surface area contributed by atoms with E-state index in [0.717, 1.165) is 37.0 Å². The lowest BCUT2D eigenvalue weighted by Gasteiger charge is -2.25. The summed E-state index contributed by atoms with van der Waals surface area (Å²) < 4.78 is 0. The second-order valence-electron chi connectivity index (χ2n) is 6.43. The standard InChI is InChI=1S/C21H20ClN3O/c1-3-18-9-10-19(13-23-18)25-21(26)14(2)15-4-6-16(7-5-15)20-11-8-17(22)12-24-20/h1,8-13,16H,4-7H2,2H3,(H,25,26). The van der Waals surface area contributed by atoms with Gasteiger partial charge in [-0.2, -0.15) is 0 Å². The first kappa shape index (κ1) is 18.2. The highest BCUT2D eigenvalue weighted by atomic mass is 35.5. The Morgan fingerprint density at radius 3 is 2.54 bits per heavy atom. The van der Waals surface area contributed by atoms with Crippen LogP contribution >= 0.6 is 11.6 Å². The topological polar surface area (TPSA) is 54.9 Å². The molecule has 3 rings (SSSR count). The van der Waals surface area contributed by atoms with Crippen LogP contribution in [0.25, 0.3) is 0 Å². The third-order valence-corrected chi connectivity index (χ3v) is 5.02. The van der Waals surface area contributed by atoms with Gasteiger partial charge in [-0.05, 0) is 56.9 Å². The molecule has 0 aliphatic heterocycles. The Morgan fingerprint density at radius 1 is 1.19 bits per heavy atom. The van der Waals surface area contributed by atoms with E-state index in [2.05, 4.69) is 21.2 Å². The monoisotopic (exact) mass is 365 g/mol. The number of rotatable bonds is 3. The first-order valence-corrected chi connectivity index (χ1v) is 8.98. The summed E-state index contributed by atoms with van der Waals surface area (Å²) in [6.45, 7) is 1.88. The molecule has 0 radical (unpaired) electrons. The summed E-state index contributed by atoms with van der Waals surface area (Å²) in [6, 6.07) is 7.35. The Balaban J connectivity index is 1.62. The maximum atomic E-state index is 12.5. The molecule has 2 aromatic heterocycles. The lowest BCUT2D eigenvalue weighted by Crippen LogP contribution is -2.17. The largest absolute Gasteiger partial charge is 0.321 e. The zero-order valence-electron chi connectivity index (χ0n) is 14.6. The second-order valence-corrected chi connectivity index (χ2v) is 6.87. The van der Waals surface area contributed by atoms with E-state index in [1.807, 2.05) is 19.1 Å². The van der Waals surface area contributed by atoms with Crippen LogP contribution in [0.4, 0.5) is 5.69 Å². The lowest BCUT2D eigenvalue weighted by molar-refractivity contribution is -0.112. The van der Waals surface area contributed by atoms with Crippen molar-refractivity contribution in [3.63, 3.8) is 0 Å². The van der Waals surface area contributed by atoms with Gasteiger partial charge in [0.1, 0.15) is 5.69 Å². The smallest absolute Gasteiger partial charge is 0.251 e. The maximum Gasteiger partial charge on any atom is 0.251 e. The molecular formula is C21H20ClN3O. The molecule has 0 unspecified atom stereocenters. The van der Waals surface area contributed by atoms with E-state index >= 15 is 0 Å². The van der Waals surface area contributed by atoms with Crippen LogP contribution in [0, 0.1) is 12.3 Å². The van der Waals surface area contributed by atoms with Crippen LogP contribution in [0.1, 0.15) is 49.9 Å². The van der Waals surface area contributed by atoms with Gasteiger partial charge in [0.15, 0.2) is 0 Å². The first-order valence-electron chi connectivity index (χ1n) is 8.61. The van der Waals surface area contributed by atoms with Crippen molar-refractivity contribution < 1.29 is 4.79 Å². The Bertz CT molecular complexity index is 854. The number of hydrogen-bond acceptors (Lipinski definition) is 3. The number of pyridine rings is 2. The van der Waals surface area contributed by atoms with Crippen LogP contribution in [0.5, 0.6) is 0 Å².